The second-order valence-electron chi connectivity index (χ2n) is 4.02. The van der Waals surface area contributed by atoms with E-state index >= 15 is 0 Å². The van der Waals surface area contributed by atoms with E-state index < -0.39 is 5.97 Å². The van der Waals surface area contributed by atoms with Crippen molar-refractivity contribution in [3.63, 3.8) is 0 Å². The number of carbonyl (C=O) groups is 2. The van der Waals surface area contributed by atoms with Crippen LogP contribution in [0, 0.1) is 5.92 Å². The molecule has 1 amide bonds. The summed E-state index contributed by atoms with van der Waals surface area (Å²) >= 11 is 0. The SMILES string of the molecule is C=CC(=O)NCC(=O)OCC(CC)CCCC. The van der Waals surface area contributed by atoms with E-state index in [0.717, 1.165) is 31.8 Å². The van der Waals surface area contributed by atoms with Crippen LogP contribution < -0.4 is 5.32 Å². The summed E-state index contributed by atoms with van der Waals surface area (Å²) < 4.78 is 5.10. The van der Waals surface area contributed by atoms with Gasteiger partial charge in [-0.3, -0.25) is 9.59 Å². The molecule has 0 aliphatic rings. The average molecular weight is 241 g/mol. The third kappa shape index (κ3) is 8.48. The molecule has 0 radical (unpaired) electrons. The average Bonchev–Trinajstić information content (AvgIpc) is 2.36. The van der Waals surface area contributed by atoms with Crippen molar-refractivity contribution in [3.8, 4) is 0 Å². The molecule has 0 rings (SSSR count). The van der Waals surface area contributed by atoms with E-state index in [2.05, 4.69) is 25.7 Å². The number of unbranched alkanes of at least 4 members (excludes halogenated alkanes) is 1. The summed E-state index contributed by atoms with van der Waals surface area (Å²) in [6.45, 7) is 7.88. The van der Waals surface area contributed by atoms with Crippen molar-refractivity contribution in [3.05, 3.63) is 12.7 Å². The minimum Gasteiger partial charge on any atom is -0.464 e. The van der Waals surface area contributed by atoms with Gasteiger partial charge in [0.15, 0.2) is 0 Å². The van der Waals surface area contributed by atoms with Gasteiger partial charge in [0.2, 0.25) is 5.91 Å². The van der Waals surface area contributed by atoms with Gasteiger partial charge in [-0.15, -0.1) is 0 Å². The number of hydrogen-bond donors (Lipinski definition) is 1. The molecule has 17 heavy (non-hydrogen) atoms. The van der Waals surface area contributed by atoms with Gasteiger partial charge in [-0.2, -0.15) is 0 Å². The van der Waals surface area contributed by atoms with Gasteiger partial charge in [0.25, 0.3) is 0 Å². The fourth-order valence-corrected chi connectivity index (χ4v) is 1.39. The highest BCUT2D eigenvalue weighted by molar-refractivity contribution is 5.89. The summed E-state index contributed by atoms with van der Waals surface area (Å²) in [6, 6.07) is 0. The van der Waals surface area contributed by atoms with Crippen LogP contribution in [0.4, 0.5) is 0 Å². The number of nitrogens with one attached hydrogen (secondary N) is 1. The molecular weight excluding hydrogens is 218 g/mol. The number of esters is 1. The van der Waals surface area contributed by atoms with Crippen LogP contribution in [-0.2, 0) is 14.3 Å². The van der Waals surface area contributed by atoms with Crippen molar-refractivity contribution in [1.82, 2.24) is 5.32 Å². The van der Waals surface area contributed by atoms with Crippen LogP contribution in [0.15, 0.2) is 12.7 Å². The highest BCUT2D eigenvalue weighted by Crippen LogP contribution is 2.12. The normalized spacial score (nSPS) is 11.6. The van der Waals surface area contributed by atoms with Crippen molar-refractivity contribution in [1.29, 1.82) is 0 Å². The maximum atomic E-state index is 11.3. The molecule has 0 aromatic carbocycles. The van der Waals surface area contributed by atoms with Crippen LogP contribution in [0.2, 0.25) is 0 Å². The molecule has 4 heteroatoms. The number of hydrogen-bond acceptors (Lipinski definition) is 3. The van der Waals surface area contributed by atoms with E-state index in [9.17, 15) is 9.59 Å². The van der Waals surface area contributed by atoms with Crippen molar-refractivity contribution in [2.45, 2.75) is 39.5 Å². The van der Waals surface area contributed by atoms with Gasteiger partial charge in [0.1, 0.15) is 6.54 Å². The largest absolute Gasteiger partial charge is 0.464 e. The quantitative estimate of drug-likeness (QED) is 0.496. The lowest BCUT2D eigenvalue weighted by molar-refractivity contribution is -0.145. The molecule has 1 N–H and O–H groups in total. The minimum atomic E-state index is -0.393. The zero-order valence-corrected chi connectivity index (χ0v) is 10.8. The van der Waals surface area contributed by atoms with Crippen molar-refractivity contribution in [2.24, 2.45) is 5.92 Å². The molecule has 0 heterocycles. The predicted octanol–water partition coefficient (Wildman–Crippen LogP) is 2.05. The second kappa shape index (κ2) is 9.87. The molecule has 0 fully saturated rings. The molecule has 98 valence electrons. The Morgan fingerprint density at radius 3 is 2.65 bits per heavy atom. The van der Waals surface area contributed by atoms with Gasteiger partial charge in [-0.1, -0.05) is 39.7 Å². The van der Waals surface area contributed by atoms with Crippen LogP contribution in [-0.4, -0.2) is 25.0 Å². The van der Waals surface area contributed by atoms with Crippen LogP contribution >= 0.6 is 0 Å². The summed E-state index contributed by atoms with van der Waals surface area (Å²) in [5.41, 5.74) is 0. The first kappa shape index (κ1) is 15.7. The van der Waals surface area contributed by atoms with E-state index in [-0.39, 0.29) is 12.5 Å². The standard InChI is InChI=1S/C13H23NO3/c1-4-7-8-11(5-2)10-17-13(16)9-14-12(15)6-3/h6,11H,3-5,7-10H2,1-2H3,(H,14,15). The lowest BCUT2D eigenvalue weighted by Gasteiger charge is -2.14. The van der Waals surface area contributed by atoms with Crippen LogP contribution in [0.5, 0.6) is 0 Å². The van der Waals surface area contributed by atoms with E-state index in [1.165, 1.54) is 0 Å². The molecule has 1 unspecified atom stereocenters. The van der Waals surface area contributed by atoms with Crippen molar-refractivity contribution in [2.75, 3.05) is 13.2 Å². The maximum absolute atomic E-state index is 11.3. The van der Waals surface area contributed by atoms with Crippen molar-refractivity contribution < 1.29 is 14.3 Å². The van der Waals surface area contributed by atoms with E-state index in [4.69, 9.17) is 4.74 Å². The van der Waals surface area contributed by atoms with Gasteiger partial charge in [-0.05, 0) is 18.4 Å². The number of rotatable bonds is 9. The predicted molar refractivity (Wildman–Crippen MR) is 67.5 cm³/mol. The van der Waals surface area contributed by atoms with Crippen LogP contribution in [0.1, 0.15) is 39.5 Å². The molecular formula is C13H23NO3. The topological polar surface area (TPSA) is 55.4 Å². The first-order chi connectivity index (χ1) is 8.13. The lowest BCUT2D eigenvalue weighted by Crippen LogP contribution is -2.30. The fraction of sp³-hybridized carbons (Fsp3) is 0.692. The van der Waals surface area contributed by atoms with Gasteiger partial charge >= 0.3 is 5.97 Å². The highest BCUT2D eigenvalue weighted by atomic mass is 16.5. The monoisotopic (exact) mass is 241 g/mol. The Morgan fingerprint density at radius 2 is 2.12 bits per heavy atom. The smallest absolute Gasteiger partial charge is 0.325 e. The van der Waals surface area contributed by atoms with Crippen LogP contribution in [0.3, 0.4) is 0 Å². The zero-order valence-electron chi connectivity index (χ0n) is 10.8. The summed E-state index contributed by atoms with van der Waals surface area (Å²) in [5, 5.41) is 2.39. The number of ether oxygens (including phenoxy) is 1. The van der Waals surface area contributed by atoms with E-state index in [1.54, 1.807) is 0 Å². The molecule has 0 bridgehead atoms. The second-order valence-corrected chi connectivity index (χ2v) is 4.02. The molecule has 0 aromatic rings. The Bertz CT molecular complexity index is 251. The highest BCUT2D eigenvalue weighted by Gasteiger charge is 2.10. The summed E-state index contributed by atoms with van der Waals surface area (Å²) in [7, 11) is 0. The zero-order chi connectivity index (χ0) is 13.1. The van der Waals surface area contributed by atoms with E-state index in [1.807, 2.05) is 0 Å². The van der Waals surface area contributed by atoms with Crippen molar-refractivity contribution >= 4 is 11.9 Å². The molecule has 0 saturated carbocycles. The summed E-state index contributed by atoms with van der Waals surface area (Å²) in [5.74, 6) is -0.330. The third-order valence-corrected chi connectivity index (χ3v) is 2.62. The molecule has 0 spiro atoms. The van der Waals surface area contributed by atoms with Crippen LogP contribution in [0.25, 0.3) is 0 Å². The maximum Gasteiger partial charge on any atom is 0.325 e. The molecule has 1 atom stereocenters. The fourth-order valence-electron chi connectivity index (χ4n) is 1.39. The Balaban J connectivity index is 3.72. The molecule has 0 aliphatic heterocycles. The Kier molecular flexibility index (Phi) is 9.11. The van der Waals surface area contributed by atoms with Gasteiger partial charge in [-0.25, -0.2) is 0 Å². The van der Waals surface area contributed by atoms with Gasteiger partial charge in [0, 0.05) is 0 Å². The Labute approximate surface area is 103 Å². The Morgan fingerprint density at radius 1 is 1.41 bits per heavy atom. The minimum absolute atomic E-state index is 0.0882. The third-order valence-electron chi connectivity index (χ3n) is 2.62. The molecule has 0 saturated heterocycles. The number of amides is 1. The summed E-state index contributed by atoms with van der Waals surface area (Å²) in [4.78, 5) is 22.1. The lowest BCUT2D eigenvalue weighted by atomic mass is 10.0. The Hall–Kier alpha value is -1.32. The summed E-state index contributed by atoms with van der Waals surface area (Å²) in [6.07, 6.45) is 5.53. The first-order valence-corrected chi connectivity index (χ1v) is 6.19. The molecule has 0 aromatic heterocycles. The molecule has 4 nitrogen and oxygen atoms in total. The van der Waals surface area contributed by atoms with Gasteiger partial charge in [0.05, 0.1) is 6.61 Å². The molecule has 0 aliphatic carbocycles. The van der Waals surface area contributed by atoms with Gasteiger partial charge < -0.3 is 10.1 Å². The first-order valence-electron chi connectivity index (χ1n) is 6.19. The van der Waals surface area contributed by atoms with E-state index in [0.29, 0.717) is 12.5 Å². The number of carbonyl (C=O) groups excluding carboxylic acids is 2.